The normalized spacial score (nSPS) is 28.1. The molecule has 0 aromatic heterocycles. The summed E-state index contributed by atoms with van der Waals surface area (Å²) in [4.78, 5) is 39.9. The van der Waals surface area contributed by atoms with Gasteiger partial charge in [0.15, 0.2) is 0 Å². The van der Waals surface area contributed by atoms with Crippen LogP contribution in [-0.2, 0) is 14.4 Å². The lowest BCUT2D eigenvalue weighted by Gasteiger charge is -2.27. The molecule has 30 heavy (non-hydrogen) atoms. The van der Waals surface area contributed by atoms with Gasteiger partial charge in [0.2, 0.25) is 11.8 Å². The number of fused-ring (bicyclic) bond motifs is 1. The number of aryl methyl sites for hydroxylation is 1. The Hall–Kier alpha value is -2.42. The van der Waals surface area contributed by atoms with Crippen molar-refractivity contribution < 1.29 is 24.6 Å². The van der Waals surface area contributed by atoms with Crippen LogP contribution >= 0.6 is 27.5 Å². The predicted molar refractivity (Wildman–Crippen MR) is 113 cm³/mol. The Labute approximate surface area is 185 Å². The van der Waals surface area contributed by atoms with Crippen molar-refractivity contribution in [1.29, 1.82) is 0 Å². The molecule has 2 heterocycles. The topological polar surface area (TPSA) is 107 Å². The molecule has 4 atom stereocenters. The third-order valence-corrected chi connectivity index (χ3v) is 6.87. The fourth-order valence-corrected chi connectivity index (χ4v) is 4.91. The number of nitrogens with one attached hydrogen (secondary N) is 1. The minimum Gasteiger partial charge on any atom is -0.508 e. The van der Waals surface area contributed by atoms with E-state index < -0.39 is 41.2 Å². The number of benzene rings is 2. The third-order valence-electron chi connectivity index (χ3n) is 5.97. The van der Waals surface area contributed by atoms with Gasteiger partial charge in [-0.05, 0) is 49.7 Å². The van der Waals surface area contributed by atoms with Crippen molar-refractivity contribution >= 4 is 51.0 Å². The number of imide groups is 1. The molecule has 2 amide bonds. The number of phenolic OH excluding ortho intramolecular Hbond substituents is 1. The summed E-state index contributed by atoms with van der Waals surface area (Å²) >= 11 is 9.52. The van der Waals surface area contributed by atoms with Crippen LogP contribution in [0.5, 0.6) is 5.75 Å². The monoisotopic (exact) mass is 492 g/mol. The van der Waals surface area contributed by atoms with E-state index in [0.717, 1.165) is 10.5 Å². The van der Waals surface area contributed by atoms with E-state index in [4.69, 9.17) is 11.6 Å². The lowest BCUT2D eigenvalue weighted by atomic mass is 9.80. The van der Waals surface area contributed by atoms with Gasteiger partial charge < -0.3 is 10.2 Å². The number of amides is 2. The molecular weight excluding hydrogens is 476 g/mol. The van der Waals surface area contributed by atoms with E-state index in [9.17, 15) is 24.6 Å². The summed E-state index contributed by atoms with van der Waals surface area (Å²) in [5.74, 6) is -4.64. The van der Waals surface area contributed by atoms with Crippen molar-refractivity contribution in [1.82, 2.24) is 5.32 Å². The molecule has 4 unspecified atom stereocenters. The Balaban J connectivity index is 1.86. The molecule has 2 aromatic carbocycles. The van der Waals surface area contributed by atoms with E-state index in [-0.39, 0.29) is 5.75 Å². The smallest absolute Gasteiger partial charge is 0.324 e. The molecule has 9 heteroatoms. The van der Waals surface area contributed by atoms with Gasteiger partial charge in [-0.1, -0.05) is 33.6 Å². The Morgan fingerprint density at radius 1 is 1.20 bits per heavy atom. The minimum atomic E-state index is -1.69. The first kappa shape index (κ1) is 20.8. The van der Waals surface area contributed by atoms with Gasteiger partial charge in [0.05, 0.1) is 17.5 Å². The Kier molecular flexibility index (Phi) is 4.91. The lowest BCUT2D eigenvalue weighted by Crippen LogP contribution is -2.53. The average Bonchev–Trinajstić information content (AvgIpc) is 3.14. The summed E-state index contributed by atoms with van der Waals surface area (Å²) < 4.78 is 0.650. The fourth-order valence-electron chi connectivity index (χ4n) is 4.35. The largest absolute Gasteiger partial charge is 0.508 e. The van der Waals surface area contributed by atoms with Crippen LogP contribution in [0.1, 0.15) is 24.1 Å². The maximum absolute atomic E-state index is 13.4. The Bertz CT molecular complexity index is 1110. The molecule has 0 aliphatic carbocycles. The molecule has 0 bridgehead atoms. The number of halogens is 2. The number of anilines is 1. The first-order valence-electron chi connectivity index (χ1n) is 9.19. The highest BCUT2D eigenvalue weighted by molar-refractivity contribution is 9.10. The van der Waals surface area contributed by atoms with E-state index >= 15 is 0 Å². The van der Waals surface area contributed by atoms with Crippen LogP contribution in [0.15, 0.2) is 40.9 Å². The summed E-state index contributed by atoms with van der Waals surface area (Å²) in [5.41, 5.74) is -0.275. The van der Waals surface area contributed by atoms with E-state index in [2.05, 4.69) is 21.2 Å². The second kappa shape index (κ2) is 7.08. The molecule has 0 saturated carbocycles. The molecule has 3 N–H and O–H groups in total. The van der Waals surface area contributed by atoms with E-state index in [1.165, 1.54) is 19.1 Å². The van der Waals surface area contributed by atoms with Gasteiger partial charge in [0.25, 0.3) is 0 Å². The number of phenols is 1. The molecule has 2 aromatic rings. The van der Waals surface area contributed by atoms with Gasteiger partial charge in [0, 0.05) is 21.1 Å². The summed E-state index contributed by atoms with van der Waals surface area (Å²) in [6.45, 7) is 3.19. The van der Waals surface area contributed by atoms with Crippen LogP contribution in [0.2, 0.25) is 5.02 Å². The quantitative estimate of drug-likeness (QED) is 0.566. The minimum absolute atomic E-state index is 0.0961. The van der Waals surface area contributed by atoms with Crippen LogP contribution < -0.4 is 10.2 Å². The number of rotatable bonds is 3. The summed E-state index contributed by atoms with van der Waals surface area (Å²) in [5, 5.41) is 23.6. The molecule has 2 aliphatic heterocycles. The summed E-state index contributed by atoms with van der Waals surface area (Å²) in [7, 11) is 0. The molecular formula is C21H18BrClN2O5. The summed E-state index contributed by atoms with van der Waals surface area (Å²) in [6.07, 6.45) is 0. The van der Waals surface area contributed by atoms with Crippen LogP contribution in [-0.4, -0.2) is 33.5 Å². The van der Waals surface area contributed by atoms with Gasteiger partial charge in [-0.15, -0.1) is 0 Å². The first-order valence-corrected chi connectivity index (χ1v) is 10.4. The number of carbonyl (C=O) groups is 3. The van der Waals surface area contributed by atoms with Crippen LogP contribution in [0.4, 0.5) is 5.69 Å². The standard InChI is InChI=1S/C21H18BrClN2O5/c1-9-3-5-11(8-13(9)23)25-18(27)15-16(19(25)28)21(2,20(29)30)24-17(15)12-7-10(22)4-6-14(12)26/h3-8,15-17,24,26H,1-2H3,(H,29,30). The number of nitrogens with zero attached hydrogens (tertiary/aromatic N) is 1. The SMILES string of the molecule is Cc1ccc(N2C(=O)C3C(c4cc(Br)ccc4O)NC(C)(C(=O)O)C3C2=O)cc1Cl. The van der Waals surface area contributed by atoms with Crippen molar-refractivity contribution in [3.63, 3.8) is 0 Å². The highest BCUT2D eigenvalue weighted by atomic mass is 79.9. The van der Waals surface area contributed by atoms with Gasteiger partial charge >= 0.3 is 5.97 Å². The molecule has 4 rings (SSSR count). The van der Waals surface area contributed by atoms with E-state index in [1.54, 1.807) is 31.2 Å². The molecule has 156 valence electrons. The number of hydrogen-bond acceptors (Lipinski definition) is 5. The van der Waals surface area contributed by atoms with Crippen molar-refractivity contribution in [3.8, 4) is 5.75 Å². The fraction of sp³-hybridized carbons (Fsp3) is 0.286. The molecule has 2 saturated heterocycles. The Morgan fingerprint density at radius 2 is 1.90 bits per heavy atom. The zero-order chi connectivity index (χ0) is 22.0. The zero-order valence-corrected chi connectivity index (χ0v) is 18.4. The summed E-state index contributed by atoms with van der Waals surface area (Å²) in [6, 6.07) is 8.64. The van der Waals surface area contributed by atoms with Crippen molar-refractivity contribution in [2.45, 2.75) is 25.4 Å². The first-order chi connectivity index (χ1) is 14.1. The second-order valence-corrected chi connectivity index (χ2v) is 9.10. The highest BCUT2D eigenvalue weighted by Gasteiger charge is 2.67. The predicted octanol–water partition coefficient (Wildman–Crippen LogP) is 3.41. The number of hydrogen-bond donors (Lipinski definition) is 3. The number of carboxylic acids is 1. The van der Waals surface area contributed by atoms with E-state index in [0.29, 0.717) is 20.7 Å². The van der Waals surface area contributed by atoms with E-state index in [1.807, 2.05) is 0 Å². The zero-order valence-electron chi connectivity index (χ0n) is 16.0. The molecule has 0 radical (unpaired) electrons. The number of carboxylic acid groups (broad SMARTS) is 1. The average molecular weight is 494 g/mol. The van der Waals surface area contributed by atoms with Gasteiger partial charge in [0.1, 0.15) is 11.3 Å². The van der Waals surface area contributed by atoms with Crippen molar-refractivity contribution in [2.75, 3.05) is 4.90 Å². The molecule has 0 spiro atoms. The lowest BCUT2D eigenvalue weighted by molar-refractivity contribution is -0.147. The second-order valence-electron chi connectivity index (χ2n) is 7.78. The highest BCUT2D eigenvalue weighted by Crippen LogP contribution is 2.51. The molecule has 7 nitrogen and oxygen atoms in total. The maximum atomic E-state index is 13.4. The number of aromatic hydroxyl groups is 1. The molecule has 2 aliphatic rings. The van der Waals surface area contributed by atoms with Crippen LogP contribution in [0, 0.1) is 18.8 Å². The van der Waals surface area contributed by atoms with Gasteiger partial charge in [-0.25, -0.2) is 4.90 Å². The van der Waals surface area contributed by atoms with Crippen molar-refractivity contribution in [3.05, 3.63) is 57.0 Å². The van der Waals surface area contributed by atoms with Gasteiger partial charge in [-0.3, -0.25) is 19.7 Å². The molecule has 2 fully saturated rings. The van der Waals surface area contributed by atoms with Gasteiger partial charge in [-0.2, -0.15) is 0 Å². The van der Waals surface area contributed by atoms with Crippen LogP contribution in [0.3, 0.4) is 0 Å². The van der Waals surface area contributed by atoms with Crippen molar-refractivity contribution in [2.24, 2.45) is 11.8 Å². The maximum Gasteiger partial charge on any atom is 0.324 e. The number of carbonyl (C=O) groups excluding carboxylic acids is 2. The Morgan fingerprint density at radius 3 is 2.53 bits per heavy atom. The third kappa shape index (κ3) is 2.93. The van der Waals surface area contributed by atoms with Crippen LogP contribution in [0.25, 0.3) is 0 Å². The number of aliphatic carboxylic acids is 1.